The van der Waals surface area contributed by atoms with E-state index in [-0.39, 0.29) is 0 Å². The number of halogens is 3. The number of carbonyl (C=O) groups excluding carboxylic acids is 1. The predicted molar refractivity (Wildman–Crippen MR) is 65.8 cm³/mol. The predicted octanol–water partition coefficient (Wildman–Crippen LogP) is 3.98. The van der Waals surface area contributed by atoms with Crippen LogP contribution in [0.3, 0.4) is 0 Å². The fourth-order valence-corrected chi connectivity index (χ4v) is 1.68. The number of hydrogen-bond donors (Lipinski definition) is 0. The van der Waals surface area contributed by atoms with Crippen LogP contribution in [0.25, 0.3) is 0 Å². The number of benzene rings is 1. The van der Waals surface area contributed by atoms with Crippen LogP contribution in [0.4, 0.5) is 13.2 Å². The Morgan fingerprint density at radius 1 is 1.21 bits per heavy atom. The highest BCUT2D eigenvalue weighted by Gasteiger charge is 2.37. The zero-order valence-corrected chi connectivity index (χ0v) is 11.1. The van der Waals surface area contributed by atoms with Gasteiger partial charge in [-0.05, 0) is 26.3 Å². The number of esters is 1. The highest BCUT2D eigenvalue weighted by atomic mass is 19.4. The summed E-state index contributed by atoms with van der Waals surface area (Å²) < 4.78 is 42.6. The lowest BCUT2D eigenvalue weighted by atomic mass is 9.94. The minimum atomic E-state index is -4.41. The van der Waals surface area contributed by atoms with Crippen molar-refractivity contribution in [3.8, 4) is 0 Å². The number of hydrogen-bond acceptors (Lipinski definition) is 2. The van der Waals surface area contributed by atoms with E-state index in [1.807, 2.05) is 6.92 Å². The maximum Gasteiger partial charge on any atom is 0.390 e. The third-order valence-electron chi connectivity index (χ3n) is 2.55. The van der Waals surface area contributed by atoms with E-state index in [1.54, 1.807) is 26.0 Å². The van der Waals surface area contributed by atoms with Gasteiger partial charge in [0.1, 0.15) is 0 Å². The van der Waals surface area contributed by atoms with E-state index in [4.69, 9.17) is 4.74 Å². The molecule has 106 valence electrons. The molecule has 0 saturated carbocycles. The summed E-state index contributed by atoms with van der Waals surface area (Å²) in [7, 11) is 0. The molecule has 0 fully saturated rings. The van der Waals surface area contributed by atoms with Gasteiger partial charge in [0.15, 0.2) is 0 Å². The van der Waals surface area contributed by atoms with Gasteiger partial charge >= 0.3 is 12.1 Å². The molecule has 0 saturated heterocycles. The van der Waals surface area contributed by atoms with E-state index < -0.39 is 30.6 Å². The summed E-state index contributed by atoms with van der Waals surface area (Å²) in [6, 6.07) is 6.43. The summed E-state index contributed by atoms with van der Waals surface area (Å²) in [5.74, 6) is -2.14. The number of alkyl halides is 3. The molecular weight excluding hydrogens is 257 g/mol. The SMILES string of the molecule is Cc1ccc(C(CC(F)(F)F)C(=O)OC(C)C)cc1. The molecule has 0 bridgehead atoms. The van der Waals surface area contributed by atoms with Crippen molar-refractivity contribution in [2.75, 3.05) is 0 Å². The van der Waals surface area contributed by atoms with Crippen molar-refractivity contribution in [3.63, 3.8) is 0 Å². The van der Waals surface area contributed by atoms with Gasteiger partial charge in [-0.15, -0.1) is 0 Å². The highest BCUT2D eigenvalue weighted by molar-refractivity contribution is 5.78. The van der Waals surface area contributed by atoms with Crippen molar-refractivity contribution in [2.24, 2.45) is 0 Å². The molecule has 1 unspecified atom stereocenters. The van der Waals surface area contributed by atoms with Crippen molar-refractivity contribution in [1.29, 1.82) is 0 Å². The van der Waals surface area contributed by atoms with Gasteiger partial charge < -0.3 is 4.74 Å². The first kappa shape index (κ1) is 15.5. The van der Waals surface area contributed by atoms with Crippen molar-refractivity contribution in [3.05, 3.63) is 35.4 Å². The van der Waals surface area contributed by atoms with Gasteiger partial charge in [0.05, 0.1) is 18.4 Å². The van der Waals surface area contributed by atoms with E-state index >= 15 is 0 Å². The normalized spacial score (nSPS) is 13.4. The molecule has 0 amide bonds. The first-order valence-electron chi connectivity index (χ1n) is 6.03. The Bertz CT molecular complexity index is 421. The Morgan fingerprint density at radius 3 is 2.16 bits per heavy atom. The van der Waals surface area contributed by atoms with Gasteiger partial charge in [-0.3, -0.25) is 4.79 Å². The second-order valence-electron chi connectivity index (χ2n) is 4.77. The molecule has 0 heterocycles. The standard InChI is InChI=1S/C14H17F3O2/c1-9(2)19-13(18)12(8-14(15,16)17)11-6-4-10(3)5-7-11/h4-7,9,12H,8H2,1-3H3. The molecule has 0 radical (unpaired) electrons. The summed E-state index contributed by atoms with van der Waals surface area (Å²) in [4.78, 5) is 11.8. The van der Waals surface area contributed by atoms with Crippen molar-refractivity contribution in [1.82, 2.24) is 0 Å². The van der Waals surface area contributed by atoms with Crippen LogP contribution in [0.5, 0.6) is 0 Å². The van der Waals surface area contributed by atoms with Gasteiger partial charge in [0.25, 0.3) is 0 Å². The minimum Gasteiger partial charge on any atom is -0.463 e. The average molecular weight is 274 g/mol. The van der Waals surface area contributed by atoms with Crippen LogP contribution < -0.4 is 0 Å². The molecule has 0 N–H and O–H groups in total. The Kier molecular flexibility index (Phi) is 4.97. The van der Waals surface area contributed by atoms with E-state index in [0.29, 0.717) is 5.56 Å². The monoisotopic (exact) mass is 274 g/mol. The largest absolute Gasteiger partial charge is 0.463 e. The summed E-state index contributed by atoms with van der Waals surface area (Å²) in [5.41, 5.74) is 1.25. The van der Waals surface area contributed by atoms with Crippen molar-refractivity contribution in [2.45, 2.75) is 45.4 Å². The van der Waals surface area contributed by atoms with Crippen LogP contribution >= 0.6 is 0 Å². The van der Waals surface area contributed by atoms with E-state index in [0.717, 1.165) is 5.56 Å². The second kappa shape index (κ2) is 6.08. The van der Waals surface area contributed by atoms with Crippen molar-refractivity contribution < 1.29 is 22.7 Å². The lowest BCUT2D eigenvalue weighted by Gasteiger charge is -2.19. The molecule has 1 aromatic rings. The third kappa shape index (κ3) is 5.32. The Morgan fingerprint density at radius 2 is 1.74 bits per heavy atom. The molecule has 1 rings (SSSR count). The zero-order chi connectivity index (χ0) is 14.6. The Hall–Kier alpha value is -1.52. The van der Waals surface area contributed by atoms with E-state index in [2.05, 4.69) is 0 Å². The molecule has 0 aliphatic heterocycles. The van der Waals surface area contributed by atoms with Gasteiger partial charge in [0, 0.05) is 0 Å². The molecular formula is C14H17F3O2. The minimum absolute atomic E-state index is 0.327. The first-order chi connectivity index (χ1) is 8.69. The maximum absolute atomic E-state index is 12.6. The van der Waals surface area contributed by atoms with Crippen LogP contribution in [0, 0.1) is 6.92 Å². The maximum atomic E-state index is 12.6. The fraction of sp³-hybridized carbons (Fsp3) is 0.500. The van der Waals surface area contributed by atoms with Crippen molar-refractivity contribution >= 4 is 5.97 Å². The number of ether oxygens (including phenoxy) is 1. The Balaban J connectivity index is 2.98. The number of rotatable bonds is 4. The molecule has 19 heavy (non-hydrogen) atoms. The van der Waals surface area contributed by atoms with Crippen LogP contribution in [0.15, 0.2) is 24.3 Å². The quantitative estimate of drug-likeness (QED) is 0.776. The topological polar surface area (TPSA) is 26.3 Å². The molecule has 0 aliphatic rings. The number of aryl methyl sites for hydroxylation is 1. The zero-order valence-electron chi connectivity index (χ0n) is 11.1. The smallest absolute Gasteiger partial charge is 0.390 e. The average Bonchev–Trinajstić information content (AvgIpc) is 2.25. The lowest BCUT2D eigenvalue weighted by Crippen LogP contribution is -2.24. The molecule has 1 aromatic carbocycles. The molecule has 5 heteroatoms. The first-order valence-corrected chi connectivity index (χ1v) is 6.03. The van der Waals surface area contributed by atoms with Gasteiger partial charge in [-0.2, -0.15) is 13.2 Å². The number of carbonyl (C=O) groups is 1. The van der Waals surface area contributed by atoms with Gasteiger partial charge in [0.2, 0.25) is 0 Å². The summed E-state index contributed by atoms with van der Waals surface area (Å²) in [6.45, 7) is 5.05. The molecule has 0 spiro atoms. The highest BCUT2D eigenvalue weighted by Crippen LogP contribution is 2.32. The molecule has 0 aliphatic carbocycles. The Labute approximate surface area is 110 Å². The second-order valence-corrected chi connectivity index (χ2v) is 4.77. The molecule has 0 aromatic heterocycles. The summed E-state index contributed by atoms with van der Waals surface area (Å²) >= 11 is 0. The van der Waals surface area contributed by atoms with E-state index in [1.165, 1.54) is 12.1 Å². The third-order valence-corrected chi connectivity index (χ3v) is 2.55. The van der Waals surface area contributed by atoms with Gasteiger partial charge in [-0.1, -0.05) is 29.8 Å². The molecule has 1 atom stereocenters. The van der Waals surface area contributed by atoms with Crippen LogP contribution in [0.1, 0.15) is 37.3 Å². The fourth-order valence-electron chi connectivity index (χ4n) is 1.68. The van der Waals surface area contributed by atoms with Gasteiger partial charge in [-0.25, -0.2) is 0 Å². The van der Waals surface area contributed by atoms with E-state index in [9.17, 15) is 18.0 Å². The van der Waals surface area contributed by atoms with Crippen LogP contribution in [-0.4, -0.2) is 18.2 Å². The van der Waals surface area contributed by atoms with Crippen LogP contribution in [-0.2, 0) is 9.53 Å². The lowest BCUT2D eigenvalue weighted by molar-refractivity contribution is -0.164. The van der Waals surface area contributed by atoms with Crippen LogP contribution in [0.2, 0.25) is 0 Å². The summed E-state index contributed by atoms with van der Waals surface area (Å²) in [6.07, 6.45) is -6.05. The summed E-state index contributed by atoms with van der Waals surface area (Å²) in [5, 5.41) is 0. The molecule has 2 nitrogen and oxygen atoms in total.